The smallest absolute Gasteiger partial charge is 0.337 e. The summed E-state index contributed by atoms with van der Waals surface area (Å²) in [7, 11) is 1.34. The quantitative estimate of drug-likeness (QED) is 0.624. The zero-order valence-electron chi connectivity index (χ0n) is 13.4. The molecule has 1 N–H and O–H groups in total. The Morgan fingerprint density at radius 2 is 1.75 bits per heavy atom. The van der Waals surface area contributed by atoms with E-state index in [1.165, 1.54) is 18.9 Å². The van der Waals surface area contributed by atoms with Crippen molar-refractivity contribution in [2.45, 2.75) is 23.6 Å². The SMILES string of the molecule is COC(=O)c1ccc(CNC(=O)C(C)Sc2ccc(Cl)cc2)cc1. The Bertz CT molecular complexity index is 701. The van der Waals surface area contributed by atoms with Gasteiger partial charge in [0, 0.05) is 16.5 Å². The number of hydrogen-bond acceptors (Lipinski definition) is 4. The van der Waals surface area contributed by atoms with Crippen molar-refractivity contribution < 1.29 is 14.3 Å². The predicted octanol–water partition coefficient (Wildman–Crippen LogP) is 3.92. The molecule has 1 unspecified atom stereocenters. The monoisotopic (exact) mass is 363 g/mol. The van der Waals surface area contributed by atoms with Gasteiger partial charge in [-0.25, -0.2) is 4.79 Å². The fourth-order valence-electron chi connectivity index (χ4n) is 1.98. The van der Waals surface area contributed by atoms with E-state index in [0.29, 0.717) is 17.1 Å². The Labute approximate surface area is 150 Å². The van der Waals surface area contributed by atoms with Crippen molar-refractivity contribution in [1.29, 1.82) is 0 Å². The van der Waals surface area contributed by atoms with Gasteiger partial charge in [0.1, 0.15) is 0 Å². The van der Waals surface area contributed by atoms with Crippen molar-refractivity contribution in [2.24, 2.45) is 0 Å². The third-order valence-corrected chi connectivity index (χ3v) is 4.70. The molecule has 4 nitrogen and oxygen atoms in total. The van der Waals surface area contributed by atoms with E-state index in [1.807, 2.05) is 19.1 Å². The van der Waals surface area contributed by atoms with Crippen molar-refractivity contribution in [3.05, 3.63) is 64.7 Å². The van der Waals surface area contributed by atoms with Crippen molar-refractivity contribution in [3.8, 4) is 0 Å². The van der Waals surface area contributed by atoms with Crippen LogP contribution in [0.25, 0.3) is 0 Å². The van der Waals surface area contributed by atoms with Gasteiger partial charge in [0.25, 0.3) is 0 Å². The number of rotatable bonds is 6. The van der Waals surface area contributed by atoms with Gasteiger partial charge < -0.3 is 10.1 Å². The molecule has 0 spiro atoms. The molecule has 0 aliphatic rings. The molecule has 24 heavy (non-hydrogen) atoms. The van der Waals surface area contributed by atoms with Crippen LogP contribution in [0.4, 0.5) is 0 Å². The first-order valence-corrected chi connectivity index (χ1v) is 8.62. The van der Waals surface area contributed by atoms with Crippen LogP contribution in [-0.4, -0.2) is 24.2 Å². The summed E-state index contributed by atoms with van der Waals surface area (Å²) in [6.45, 7) is 2.26. The Hall–Kier alpha value is -1.98. The lowest BCUT2D eigenvalue weighted by Gasteiger charge is -2.12. The maximum absolute atomic E-state index is 12.2. The Morgan fingerprint density at radius 1 is 1.12 bits per heavy atom. The average molecular weight is 364 g/mol. The maximum Gasteiger partial charge on any atom is 0.337 e. The van der Waals surface area contributed by atoms with Crippen LogP contribution in [0.1, 0.15) is 22.8 Å². The molecule has 2 rings (SSSR count). The lowest BCUT2D eigenvalue weighted by Crippen LogP contribution is -2.30. The number of methoxy groups -OCH3 is 1. The summed E-state index contributed by atoms with van der Waals surface area (Å²) in [5.41, 5.74) is 1.40. The fraction of sp³-hybridized carbons (Fsp3) is 0.222. The summed E-state index contributed by atoms with van der Waals surface area (Å²) < 4.78 is 4.65. The minimum Gasteiger partial charge on any atom is -0.465 e. The molecule has 0 heterocycles. The molecule has 0 aliphatic carbocycles. The molecule has 0 aliphatic heterocycles. The number of thioether (sulfide) groups is 1. The van der Waals surface area contributed by atoms with E-state index < -0.39 is 0 Å². The first-order chi connectivity index (χ1) is 11.5. The zero-order valence-corrected chi connectivity index (χ0v) is 15.0. The van der Waals surface area contributed by atoms with Crippen molar-refractivity contribution in [1.82, 2.24) is 5.32 Å². The van der Waals surface area contributed by atoms with E-state index in [4.69, 9.17) is 11.6 Å². The highest BCUT2D eigenvalue weighted by molar-refractivity contribution is 8.00. The van der Waals surface area contributed by atoms with Crippen molar-refractivity contribution in [3.63, 3.8) is 0 Å². The second kappa shape index (κ2) is 8.76. The number of esters is 1. The van der Waals surface area contributed by atoms with Crippen LogP contribution in [0.3, 0.4) is 0 Å². The third kappa shape index (κ3) is 5.28. The Morgan fingerprint density at radius 3 is 2.33 bits per heavy atom. The van der Waals surface area contributed by atoms with Crippen LogP contribution in [0.15, 0.2) is 53.4 Å². The molecule has 2 aromatic rings. The number of ether oxygens (including phenoxy) is 1. The van der Waals surface area contributed by atoms with Gasteiger partial charge in [-0.15, -0.1) is 11.8 Å². The van der Waals surface area contributed by atoms with Crippen LogP contribution in [0.5, 0.6) is 0 Å². The molecule has 1 atom stereocenters. The number of benzene rings is 2. The highest BCUT2D eigenvalue weighted by atomic mass is 35.5. The minimum absolute atomic E-state index is 0.0491. The largest absolute Gasteiger partial charge is 0.465 e. The summed E-state index contributed by atoms with van der Waals surface area (Å²) in [4.78, 5) is 24.5. The van der Waals surface area contributed by atoms with Crippen LogP contribution in [0.2, 0.25) is 5.02 Å². The molecule has 1 amide bonds. The normalized spacial score (nSPS) is 11.6. The molecule has 0 saturated carbocycles. The first kappa shape index (κ1) is 18.4. The van der Waals surface area contributed by atoms with E-state index in [-0.39, 0.29) is 17.1 Å². The lowest BCUT2D eigenvalue weighted by molar-refractivity contribution is -0.120. The van der Waals surface area contributed by atoms with Crippen LogP contribution < -0.4 is 5.32 Å². The summed E-state index contributed by atoms with van der Waals surface area (Å²) in [6.07, 6.45) is 0. The highest BCUT2D eigenvalue weighted by Crippen LogP contribution is 2.24. The standard InChI is InChI=1S/C18H18ClNO3S/c1-12(24-16-9-7-15(19)8-10-16)17(21)20-11-13-3-5-14(6-4-13)18(22)23-2/h3-10,12H,11H2,1-2H3,(H,20,21). The van der Waals surface area contributed by atoms with Gasteiger partial charge in [-0.05, 0) is 48.9 Å². The summed E-state index contributed by atoms with van der Waals surface area (Å²) >= 11 is 7.32. The van der Waals surface area contributed by atoms with Gasteiger partial charge in [0.05, 0.1) is 17.9 Å². The predicted molar refractivity (Wildman–Crippen MR) is 96.4 cm³/mol. The van der Waals surface area contributed by atoms with Crippen molar-refractivity contribution >= 4 is 35.2 Å². The van der Waals surface area contributed by atoms with E-state index in [2.05, 4.69) is 10.1 Å². The third-order valence-electron chi connectivity index (χ3n) is 3.34. The zero-order chi connectivity index (χ0) is 17.5. The van der Waals surface area contributed by atoms with Crippen molar-refractivity contribution in [2.75, 3.05) is 7.11 Å². The maximum atomic E-state index is 12.2. The minimum atomic E-state index is -0.376. The molecule has 126 valence electrons. The molecule has 0 radical (unpaired) electrons. The molecule has 0 bridgehead atoms. The van der Waals surface area contributed by atoms with Gasteiger partial charge >= 0.3 is 5.97 Å². The molecule has 0 saturated heterocycles. The molecular weight excluding hydrogens is 346 g/mol. The van der Waals surface area contributed by atoms with E-state index in [9.17, 15) is 9.59 Å². The Balaban J connectivity index is 1.85. The van der Waals surface area contributed by atoms with Gasteiger partial charge in [-0.3, -0.25) is 4.79 Å². The molecule has 6 heteroatoms. The van der Waals surface area contributed by atoms with Gasteiger partial charge in [0.2, 0.25) is 5.91 Å². The Kier molecular flexibility index (Phi) is 6.70. The molecular formula is C18H18ClNO3S. The second-order valence-electron chi connectivity index (χ2n) is 5.12. The number of nitrogens with one attached hydrogen (secondary N) is 1. The average Bonchev–Trinajstić information content (AvgIpc) is 2.61. The van der Waals surface area contributed by atoms with E-state index >= 15 is 0 Å². The van der Waals surface area contributed by atoms with Crippen LogP contribution in [-0.2, 0) is 16.1 Å². The number of carbonyl (C=O) groups excluding carboxylic acids is 2. The van der Waals surface area contributed by atoms with Gasteiger partial charge in [-0.2, -0.15) is 0 Å². The number of amides is 1. The lowest BCUT2D eigenvalue weighted by atomic mass is 10.1. The summed E-state index contributed by atoms with van der Waals surface area (Å²) in [5.74, 6) is -0.425. The molecule has 0 fully saturated rings. The summed E-state index contributed by atoms with van der Waals surface area (Å²) in [5, 5.41) is 3.34. The molecule has 2 aromatic carbocycles. The molecule has 0 aromatic heterocycles. The topological polar surface area (TPSA) is 55.4 Å². The van der Waals surface area contributed by atoms with E-state index in [1.54, 1.807) is 36.4 Å². The highest BCUT2D eigenvalue weighted by Gasteiger charge is 2.14. The number of hydrogen-bond donors (Lipinski definition) is 1. The van der Waals surface area contributed by atoms with Crippen LogP contribution in [0, 0.1) is 0 Å². The van der Waals surface area contributed by atoms with E-state index in [0.717, 1.165) is 10.5 Å². The number of halogens is 1. The number of carbonyl (C=O) groups is 2. The second-order valence-corrected chi connectivity index (χ2v) is 6.97. The van der Waals surface area contributed by atoms with Gasteiger partial charge in [0.15, 0.2) is 0 Å². The van der Waals surface area contributed by atoms with Crippen LogP contribution >= 0.6 is 23.4 Å². The first-order valence-electron chi connectivity index (χ1n) is 7.37. The van der Waals surface area contributed by atoms with Gasteiger partial charge in [-0.1, -0.05) is 23.7 Å². The summed E-state index contributed by atoms with van der Waals surface area (Å²) in [6, 6.07) is 14.3. The fourth-order valence-corrected chi connectivity index (χ4v) is 3.00.